The molecule has 2 aliphatic rings. The van der Waals surface area contributed by atoms with Gasteiger partial charge in [0.1, 0.15) is 0 Å². The average Bonchev–Trinajstić information content (AvgIpc) is 3.21. The number of nitrogens with one attached hydrogen (secondary N) is 1. The highest BCUT2D eigenvalue weighted by Crippen LogP contribution is 2.23. The van der Waals surface area contributed by atoms with E-state index in [1.54, 1.807) is 19.1 Å². The molecule has 1 N–H and O–H groups in total. The van der Waals surface area contributed by atoms with E-state index in [9.17, 15) is 9.59 Å². The van der Waals surface area contributed by atoms with Gasteiger partial charge in [-0.05, 0) is 37.8 Å². The van der Waals surface area contributed by atoms with Crippen LogP contribution in [-0.2, 0) is 9.53 Å². The van der Waals surface area contributed by atoms with Crippen molar-refractivity contribution in [1.82, 2.24) is 15.1 Å². The predicted molar refractivity (Wildman–Crippen MR) is 96.9 cm³/mol. The molecule has 1 aromatic heterocycles. The van der Waals surface area contributed by atoms with Gasteiger partial charge in [-0.3, -0.25) is 14.5 Å². The fourth-order valence-corrected chi connectivity index (χ4v) is 3.98. The van der Waals surface area contributed by atoms with Crippen molar-refractivity contribution in [2.75, 3.05) is 39.4 Å². The van der Waals surface area contributed by atoms with Crippen molar-refractivity contribution < 1.29 is 18.7 Å². The van der Waals surface area contributed by atoms with Crippen LogP contribution >= 0.6 is 0 Å². The number of hydrogen-bond donors (Lipinski definition) is 1. The van der Waals surface area contributed by atoms with Crippen LogP contribution in [0.3, 0.4) is 0 Å². The maximum atomic E-state index is 12.1. The molecule has 2 aliphatic heterocycles. The summed E-state index contributed by atoms with van der Waals surface area (Å²) < 4.78 is 10.7. The second-order valence-corrected chi connectivity index (χ2v) is 7.08. The van der Waals surface area contributed by atoms with E-state index in [0.717, 1.165) is 58.5 Å². The molecule has 3 heterocycles. The summed E-state index contributed by atoms with van der Waals surface area (Å²) in [7, 11) is 0. The molecule has 2 fully saturated rings. The number of rotatable bonds is 6. The van der Waals surface area contributed by atoms with Crippen LogP contribution < -0.4 is 5.32 Å². The van der Waals surface area contributed by atoms with E-state index in [-0.39, 0.29) is 11.8 Å². The smallest absolute Gasteiger partial charge is 0.287 e. The van der Waals surface area contributed by atoms with Crippen molar-refractivity contribution in [1.29, 1.82) is 0 Å². The summed E-state index contributed by atoms with van der Waals surface area (Å²) in [6.45, 7) is 6.17. The number of furan rings is 1. The molecule has 0 bridgehead atoms. The number of carbonyl (C=O) groups excluding carboxylic acids is 2. The van der Waals surface area contributed by atoms with E-state index >= 15 is 0 Å². The zero-order valence-electron chi connectivity index (χ0n) is 15.5. The maximum Gasteiger partial charge on any atom is 0.287 e. The minimum absolute atomic E-state index is 0.146. The zero-order chi connectivity index (χ0) is 18.4. The third-order valence-electron chi connectivity index (χ3n) is 5.37. The van der Waals surface area contributed by atoms with Crippen molar-refractivity contribution in [2.24, 2.45) is 0 Å². The van der Waals surface area contributed by atoms with Gasteiger partial charge >= 0.3 is 0 Å². The largest absolute Gasteiger partial charge is 0.459 e. The van der Waals surface area contributed by atoms with Crippen molar-refractivity contribution in [3.8, 4) is 0 Å². The zero-order valence-corrected chi connectivity index (χ0v) is 15.5. The highest BCUT2D eigenvalue weighted by molar-refractivity contribution is 5.91. The summed E-state index contributed by atoms with van der Waals surface area (Å²) in [5, 5.41) is 2.94. The third kappa shape index (κ3) is 4.86. The number of carbonyl (C=O) groups is 2. The van der Waals surface area contributed by atoms with Gasteiger partial charge in [0.25, 0.3) is 5.91 Å². The molecule has 0 radical (unpaired) electrons. The summed E-state index contributed by atoms with van der Waals surface area (Å²) in [6.07, 6.45) is 5.63. The second-order valence-electron chi connectivity index (χ2n) is 7.08. The van der Waals surface area contributed by atoms with Crippen LogP contribution in [0.15, 0.2) is 22.8 Å². The van der Waals surface area contributed by atoms with Crippen LogP contribution in [0.4, 0.5) is 0 Å². The van der Waals surface area contributed by atoms with E-state index in [2.05, 4.69) is 10.2 Å². The van der Waals surface area contributed by atoms with Gasteiger partial charge in [0.05, 0.1) is 6.26 Å². The Morgan fingerprint density at radius 3 is 2.77 bits per heavy atom. The fourth-order valence-electron chi connectivity index (χ4n) is 3.98. The van der Waals surface area contributed by atoms with Crippen molar-refractivity contribution >= 4 is 11.8 Å². The van der Waals surface area contributed by atoms with Gasteiger partial charge in [0.2, 0.25) is 5.91 Å². The number of piperidine rings is 1. The van der Waals surface area contributed by atoms with Crippen molar-refractivity contribution in [2.45, 2.75) is 44.7 Å². The summed E-state index contributed by atoms with van der Waals surface area (Å²) in [5.41, 5.74) is 0. The first-order chi connectivity index (χ1) is 12.6. The first-order valence-corrected chi connectivity index (χ1v) is 9.56. The number of amides is 2. The monoisotopic (exact) mass is 363 g/mol. The Kier molecular flexibility index (Phi) is 6.68. The highest BCUT2D eigenvalue weighted by Gasteiger charge is 2.31. The van der Waals surface area contributed by atoms with E-state index in [1.807, 2.05) is 4.90 Å². The van der Waals surface area contributed by atoms with Crippen LogP contribution in [0.5, 0.6) is 0 Å². The molecule has 0 saturated carbocycles. The van der Waals surface area contributed by atoms with Crippen LogP contribution in [0.2, 0.25) is 0 Å². The molecule has 3 rings (SSSR count). The third-order valence-corrected chi connectivity index (χ3v) is 5.37. The van der Waals surface area contributed by atoms with Gasteiger partial charge in [-0.25, -0.2) is 0 Å². The Hall–Kier alpha value is -1.86. The van der Waals surface area contributed by atoms with Crippen LogP contribution in [0.25, 0.3) is 0 Å². The number of nitrogens with zero attached hydrogens (tertiary/aromatic N) is 2. The molecule has 0 aromatic carbocycles. The molecule has 2 saturated heterocycles. The van der Waals surface area contributed by atoms with Crippen LogP contribution in [0.1, 0.15) is 43.2 Å². The summed E-state index contributed by atoms with van der Waals surface area (Å²) >= 11 is 0. The number of ether oxygens (including phenoxy) is 1. The van der Waals surface area contributed by atoms with E-state index < -0.39 is 0 Å². The van der Waals surface area contributed by atoms with Crippen molar-refractivity contribution in [3.63, 3.8) is 0 Å². The van der Waals surface area contributed by atoms with Crippen molar-refractivity contribution in [3.05, 3.63) is 24.2 Å². The normalized spacial score (nSPS) is 21.8. The van der Waals surface area contributed by atoms with Crippen LogP contribution in [-0.4, -0.2) is 73.1 Å². The molecular formula is C19H29N3O4. The Morgan fingerprint density at radius 2 is 2.08 bits per heavy atom. The Labute approximate surface area is 154 Å². The molecule has 7 heteroatoms. The molecule has 1 atom stereocenters. The molecule has 7 nitrogen and oxygen atoms in total. The summed E-state index contributed by atoms with van der Waals surface area (Å²) in [6, 6.07) is 4.16. The lowest BCUT2D eigenvalue weighted by Gasteiger charge is -2.44. The second kappa shape index (κ2) is 9.19. The van der Waals surface area contributed by atoms with E-state index in [1.165, 1.54) is 6.26 Å². The lowest BCUT2D eigenvalue weighted by atomic mass is 9.98. The predicted octanol–water partition coefficient (Wildman–Crippen LogP) is 1.50. The Morgan fingerprint density at radius 1 is 1.27 bits per heavy atom. The topological polar surface area (TPSA) is 75.0 Å². The van der Waals surface area contributed by atoms with Gasteiger partial charge in [-0.1, -0.05) is 0 Å². The molecule has 0 spiro atoms. The highest BCUT2D eigenvalue weighted by atomic mass is 16.5. The maximum absolute atomic E-state index is 12.1. The fraction of sp³-hybridized carbons (Fsp3) is 0.684. The lowest BCUT2D eigenvalue weighted by Crippen LogP contribution is -2.55. The summed E-state index contributed by atoms with van der Waals surface area (Å²) in [4.78, 5) is 28.3. The van der Waals surface area contributed by atoms with Gasteiger partial charge in [0, 0.05) is 58.4 Å². The quantitative estimate of drug-likeness (QED) is 0.829. The molecule has 2 amide bonds. The molecule has 0 aliphatic carbocycles. The van der Waals surface area contributed by atoms with E-state index in [0.29, 0.717) is 24.4 Å². The first kappa shape index (κ1) is 18.9. The number of likely N-dealkylation sites (tertiary alicyclic amines) is 1. The first-order valence-electron chi connectivity index (χ1n) is 9.56. The lowest BCUT2D eigenvalue weighted by molar-refractivity contribution is -0.131. The van der Waals surface area contributed by atoms with Gasteiger partial charge < -0.3 is 19.4 Å². The average molecular weight is 363 g/mol. The Bertz CT molecular complexity index is 584. The standard InChI is InChI=1S/C19H29N3O4/c1-15(23)21-9-2-4-17(14-21)22(16-6-12-25-13-7-16)10-8-20-19(24)18-5-3-11-26-18/h3,5,11,16-17H,2,4,6-10,12-14H2,1H3,(H,20,24). The molecule has 1 unspecified atom stereocenters. The van der Waals surface area contributed by atoms with Gasteiger partial charge in [-0.2, -0.15) is 0 Å². The van der Waals surface area contributed by atoms with Gasteiger partial charge in [0.15, 0.2) is 5.76 Å². The molecule has 1 aromatic rings. The molecular weight excluding hydrogens is 334 g/mol. The SMILES string of the molecule is CC(=O)N1CCCC(N(CCNC(=O)c2ccco2)C2CCOCC2)C1. The van der Waals surface area contributed by atoms with Gasteiger partial charge in [-0.15, -0.1) is 0 Å². The summed E-state index contributed by atoms with van der Waals surface area (Å²) in [5.74, 6) is 0.298. The van der Waals surface area contributed by atoms with E-state index in [4.69, 9.17) is 9.15 Å². The minimum atomic E-state index is -0.184. The molecule has 26 heavy (non-hydrogen) atoms. The minimum Gasteiger partial charge on any atom is -0.459 e. The molecule has 144 valence electrons. The number of hydrogen-bond acceptors (Lipinski definition) is 5. The van der Waals surface area contributed by atoms with Crippen LogP contribution in [0, 0.1) is 0 Å². The Balaban J connectivity index is 1.59.